The molecule has 8 heteroatoms. The Labute approximate surface area is 120 Å². The van der Waals surface area contributed by atoms with Crippen LogP contribution in [0.5, 0.6) is 0 Å². The van der Waals surface area contributed by atoms with Crippen molar-refractivity contribution in [3.63, 3.8) is 0 Å². The first-order valence-corrected chi connectivity index (χ1v) is 6.61. The van der Waals surface area contributed by atoms with Crippen molar-refractivity contribution in [1.29, 1.82) is 0 Å². The minimum atomic E-state index is 0.438. The van der Waals surface area contributed by atoms with Gasteiger partial charge in [-0.2, -0.15) is 24.7 Å². The fourth-order valence-corrected chi connectivity index (χ4v) is 2.23. The lowest BCUT2D eigenvalue weighted by atomic mass is 10.3. The van der Waals surface area contributed by atoms with E-state index in [1.54, 1.807) is 10.7 Å². The van der Waals surface area contributed by atoms with Gasteiger partial charge in [0.25, 0.3) is 5.78 Å². The van der Waals surface area contributed by atoms with Crippen molar-refractivity contribution in [1.82, 2.24) is 29.4 Å². The van der Waals surface area contributed by atoms with Crippen LogP contribution >= 0.6 is 11.6 Å². The predicted octanol–water partition coefficient (Wildman–Crippen LogP) is 1.47. The van der Waals surface area contributed by atoms with Crippen LogP contribution in [0, 0.1) is 6.92 Å². The molecule has 0 aromatic carbocycles. The van der Waals surface area contributed by atoms with Gasteiger partial charge in [-0.3, -0.25) is 4.68 Å². The van der Waals surface area contributed by atoms with Gasteiger partial charge in [0.15, 0.2) is 0 Å². The first kappa shape index (κ1) is 12.9. The normalized spacial score (nSPS) is 11.2. The number of hydrogen-bond acceptors (Lipinski definition) is 5. The molecular formula is C12H14ClN7. The Morgan fingerprint density at radius 3 is 2.95 bits per heavy atom. The first-order chi connectivity index (χ1) is 9.66. The summed E-state index contributed by atoms with van der Waals surface area (Å²) in [5, 5.41) is 12.1. The predicted molar refractivity (Wildman–Crippen MR) is 75.9 cm³/mol. The van der Waals surface area contributed by atoms with Gasteiger partial charge in [0, 0.05) is 37.5 Å². The monoisotopic (exact) mass is 291 g/mol. The summed E-state index contributed by atoms with van der Waals surface area (Å²) in [6, 6.07) is 2.00. The molecule has 0 saturated heterocycles. The third-order valence-electron chi connectivity index (χ3n) is 3.20. The number of hydrogen-bond donors (Lipinski definition) is 1. The van der Waals surface area contributed by atoms with E-state index < -0.39 is 0 Å². The van der Waals surface area contributed by atoms with Gasteiger partial charge in [0.2, 0.25) is 0 Å². The third-order valence-corrected chi connectivity index (χ3v) is 3.57. The second kappa shape index (κ2) is 5.09. The number of anilines is 1. The molecule has 20 heavy (non-hydrogen) atoms. The molecule has 1 N–H and O–H groups in total. The van der Waals surface area contributed by atoms with E-state index in [0.717, 1.165) is 30.0 Å². The summed E-state index contributed by atoms with van der Waals surface area (Å²) in [5.74, 6) is 1.31. The van der Waals surface area contributed by atoms with Crippen molar-refractivity contribution in [3.8, 4) is 0 Å². The molecule has 0 spiro atoms. The second-order valence-corrected chi connectivity index (χ2v) is 4.83. The molecule has 7 nitrogen and oxygen atoms in total. The first-order valence-electron chi connectivity index (χ1n) is 6.23. The fourth-order valence-electron chi connectivity index (χ4n) is 2.06. The lowest BCUT2D eigenvalue weighted by Gasteiger charge is -2.11. The van der Waals surface area contributed by atoms with E-state index in [2.05, 4.69) is 25.5 Å². The SMILES string of the molecule is Cc1c(Cl)nc2ncnn2c1NCCc1ccnn1C. The van der Waals surface area contributed by atoms with Gasteiger partial charge < -0.3 is 5.32 Å². The van der Waals surface area contributed by atoms with Crippen molar-refractivity contribution >= 4 is 23.2 Å². The van der Waals surface area contributed by atoms with Crippen LogP contribution in [-0.2, 0) is 13.5 Å². The number of halogens is 1. The van der Waals surface area contributed by atoms with Crippen LogP contribution < -0.4 is 5.32 Å². The highest BCUT2D eigenvalue weighted by atomic mass is 35.5. The topological polar surface area (TPSA) is 72.9 Å². The standard InChI is InChI=1S/C12H14ClN7/c1-8-10(13)18-12-15-7-17-20(12)11(8)14-5-3-9-4-6-16-19(9)2/h4,6-7,14H,3,5H2,1-2H3. The van der Waals surface area contributed by atoms with E-state index in [4.69, 9.17) is 11.6 Å². The van der Waals surface area contributed by atoms with Crippen LogP contribution in [0.15, 0.2) is 18.6 Å². The smallest absolute Gasteiger partial charge is 0.255 e. The molecule has 0 aliphatic heterocycles. The number of fused-ring (bicyclic) bond motifs is 1. The molecule has 0 saturated carbocycles. The van der Waals surface area contributed by atoms with Gasteiger partial charge in [0.1, 0.15) is 17.3 Å². The molecular weight excluding hydrogens is 278 g/mol. The van der Waals surface area contributed by atoms with Crippen molar-refractivity contribution in [2.45, 2.75) is 13.3 Å². The van der Waals surface area contributed by atoms with E-state index >= 15 is 0 Å². The Balaban J connectivity index is 1.82. The molecule has 0 unspecified atom stereocenters. The zero-order chi connectivity index (χ0) is 14.1. The van der Waals surface area contributed by atoms with Gasteiger partial charge in [-0.25, -0.2) is 0 Å². The zero-order valence-electron chi connectivity index (χ0n) is 11.2. The minimum Gasteiger partial charge on any atom is -0.369 e. The maximum Gasteiger partial charge on any atom is 0.255 e. The van der Waals surface area contributed by atoms with Gasteiger partial charge in [-0.1, -0.05) is 11.6 Å². The molecule has 0 amide bonds. The van der Waals surface area contributed by atoms with E-state index in [0.29, 0.717) is 10.9 Å². The summed E-state index contributed by atoms with van der Waals surface area (Å²) < 4.78 is 3.52. The molecule has 0 radical (unpaired) electrons. The Kier molecular flexibility index (Phi) is 3.27. The molecule has 0 aliphatic rings. The van der Waals surface area contributed by atoms with Crippen LogP contribution in [0.2, 0.25) is 5.15 Å². The molecule has 0 bridgehead atoms. The van der Waals surface area contributed by atoms with E-state index in [9.17, 15) is 0 Å². The number of rotatable bonds is 4. The van der Waals surface area contributed by atoms with Crippen LogP contribution in [-0.4, -0.2) is 35.9 Å². The number of nitrogens with zero attached hydrogens (tertiary/aromatic N) is 6. The van der Waals surface area contributed by atoms with Gasteiger partial charge in [-0.05, 0) is 13.0 Å². The Hall–Kier alpha value is -2.15. The molecule has 0 fully saturated rings. The quantitative estimate of drug-likeness (QED) is 0.737. The molecule has 3 aromatic rings. The summed E-state index contributed by atoms with van der Waals surface area (Å²) in [7, 11) is 1.93. The van der Waals surface area contributed by atoms with E-state index in [1.165, 1.54) is 6.33 Å². The maximum absolute atomic E-state index is 6.11. The van der Waals surface area contributed by atoms with Crippen LogP contribution in [0.25, 0.3) is 5.78 Å². The third kappa shape index (κ3) is 2.20. The van der Waals surface area contributed by atoms with Gasteiger partial charge in [0.05, 0.1) is 0 Å². The van der Waals surface area contributed by atoms with Crippen LogP contribution in [0.1, 0.15) is 11.3 Å². The molecule has 3 rings (SSSR count). The Bertz CT molecular complexity index is 745. The zero-order valence-corrected chi connectivity index (χ0v) is 12.0. The summed E-state index contributed by atoms with van der Waals surface area (Å²) in [5.41, 5.74) is 2.01. The van der Waals surface area contributed by atoms with Crippen LogP contribution in [0.4, 0.5) is 5.82 Å². The average molecular weight is 292 g/mol. The van der Waals surface area contributed by atoms with Crippen molar-refractivity contribution in [3.05, 3.63) is 35.0 Å². The highest BCUT2D eigenvalue weighted by Crippen LogP contribution is 2.21. The lowest BCUT2D eigenvalue weighted by Crippen LogP contribution is -2.13. The Morgan fingerprint density at radius 2 is 2.20 bits per heavy atom. The highest BCUT2D eigenvalue weighted by Gasteiger charge is 2.11. The van der Waals surface area contributed by atoms with Crippen LogP contribution in [0.3, 0.4) is 0 Å². The molecule has 0 aliphatic carbocycles. The van der Waals surface area contributed by atoms with Gasteiger partial charge >= 0.3 is 0 Å². The largest absolute Gasteiger partial charge is 0.369 e. The summed E-state index contributed by atoms with van der Waals surface area (Å²) >= 11 is 6.11. The summed E-state index contributed by atoms with van der Waals surface area (Å²) in [6.45, 7) is 2.65. The molecule has 3 aromatic heterocycles. The molecule has 3 heterocycles. The fraction of sp³-hybridized carbons (Fsp3) is 0.333. The molecule has 104 valence electrons. The second-order valence-electron chi connectivity index (χ2n) is 4.47. The van der Waals surface area contributed by atoms with E-state index in [-0.39, 0.29) is 0 Å². The van der Waals surface area contributed by atoms with Gasteiger partial charge in [-0.15, -0.1) is 0 Å². The highest BCUT2D eigenvalue weighted by molar-refractivity contribution is 6.30. The summed E-state index contributed by atoms with van der Waals surface area (Å²) in [4.78, 5) is 8.22. The number of aryl methyl sites for hydroxylation is 1. The molecule has 0 atom stereocenters. The average Bonchev–Trinajstić information content (AvgIpc) is 3.03. The van der Waals surface area contributed by atoms with Crippen molar-refractivity contribution < 1.29 is 0 Å². The minimum absolute atomic E-state index is 0.438. The number of aromatic nitrogens is 6. The summed E-state index contributed by atoms with van der Waals surface area (Å²) in [6.07, 6.45) is 4.11. The Morgan fingerprint density at radius 1 is 1.35 bits per heavy atom. The maximum atomic E-state index is 6.11. The van der Waals surface area contributed by atoms with Crippen molar-refractivity contribution in [2.24, 2.45) is 7.05 Å². The lowest BCUT2D eigenvalue weighted by molar-refractivity contribution is 0.710. The number of nitrogens with one attached hydrogen (secondary N) is 1. The van der Waals surface area contributed by atoms with Crippen molar-refractivity contribution in [2.75, 3.05) is 11.9 Å². The van der Waals surface area contributed by atoms with E-state index in [1.807, 2.05) is 24.7 Å².